The van der Waals surface area contributed by atoms with Gasteiger partial charge < -0.3 is 19.9 Å². The predicted octanol–water partition coefficient (Wildman–Crippen LogP) is 2.45. The molecule has 114 valence electrons. The van der Waals surface area contributed by atoms with Gasteiger partial charge in [-0.1, -0.05) is 0 Å². The van der Waals surface area contributed by atoms with Crippen LogP contribution in [0.25, 0.3) is 0 Å². The number of nitrogens with two attached hydrogens (primary N) is 1. The van der Waals surface area contributed by atoms with Crippen LogP contribution in [0.15, 0.2) is 12.1 Å². The van der Waals surface area contributed by atoms with E-state index >= 15 is 0 Å². The summed E-state index contributed by atoms with van der Waals surface area (Å²) in [7, 11) is 4.77. The van der Waals surface area contributed by atoms with Crippen LogP contribution in [0, 0.1) is 10.5 Å². The second-order valence-electron chi connectivity index (χ2n) is 4.44. The van der Waals surface area contributed by atoms with Crippen LogP contribution in [0.4, 0.5) is 5.82 Å². The first-order valence-electron chi connectivity index (χ1n) is 6.29. The van der Waals surface area contributed by atoms with Crippen molar-refractivity contribution in [3.05, 3.63) is 27.0 Å². The number of nitrogens with zero attached hydrogens (tertiary/aromatic N) is 2. The van der Waals surface area contributed by atoms with Crippen molar-refractivity contribution in [2.45, 2.75) is 13.5 Å². The number of aromatic nitrogens is 2. The third-order valence-electron chi connectivity index (χ3n) is 3.20. The lowest BCUT2D eigenvalue weighted by Gasteiger charge is -2.16. The number of ether oxygens (including phenoxy) is 3. The fourth-order valence-electron chi connectivity index (χ4n) is 2.15. The van der Waals surface area contributed by atoms with Gasteiger partial charge in [0.25, 0.3) is 0 Å². The maximum absolute atomic E-state index is 6.07. The molecule has 1 aromatic carbocycles. The minimum Gasteiger partial charge on any atom is -0.493 e. The number of halogens is 1. The molecule has 6 nitrogen and oxygen atoms in total. The Morgan fingerprint density at radius 3 is 2.29 bits per heavy atom. The van der Waals surface area contributed by atoms with Crippen molar-refractivity contribution in [1.29, 1.82) is 0 Å². The van der Waals surface area contributed by atoms with Crippen LogP contribution in [0.3, 0.4) is 0 Å². The molecular weight excluding hydrogens is 385 g/mol. The number of hydrogen-bond donors (Lipinski definition) is 1. The van der Waals surface area contributed by atoms with E-state index in [0.717, 1.165) is 14.8 Å². The summed E-state index contributed by atoms with van der Waals surface area (Å²) >= 11 is 2.19. The largest absolute Gasteiger partial charge is 0.493 e. The van der Waals surface area contributed by atoms with E-state index in [2.05, 4.69) is 27.7 Å². The SMILES string of the molecule is COc1ccc(Cn2nc(C)c(I)c2N)c(OC)c1OC. The van der Waals surface area contributed by atoms with Crippen LogP contribution in [-0.2, 0) is 6.54 Å². The second-order valence-corrected chi connectivity index (χ2v) is 5.51. The smallest absolute Gasteiger partial charge is 0.203 e. The topological polar surface area (TPSA) is 71.5 Å². The van der Waals surface area contributed by atoms with Gasteiger partial charge in [0.2, 0.25) is 5.75 Å². The van der Waals surface area contributed by atoms with Gasteiger partial charge in [-0.15, -0.1) is 0 Å². The predicted molar refractivity (Wildman–Crippen MR) is 89.3 cm³/mol. The fraction of sp³-hybridized carbons (Fsp3) is 0.357. The average Bonchev–Trinajstić information content (AvgIpc) is 2.73. The number of benzene rings is 1. The van der Waals surface area contributed by atoms with Gasteiger partial charge in [-0.05, 0) is 41.6 Å². The zero-order valence-corrected chi connectivity index (χ0v) is 14.6. The van der Waals surface area contributed by atoms with Crippen molar-refractivity contribution in [3.63, 3.8) is 0 Å². The molecule has 0 saturated carbocycles. The molecule has 1 heterocycles. The summed E-state index contributed by atoms with van der Waals surface area (Å²) in [5.41, 5.74) is 7.89. The molecule has 0 radical (unpaired) electrons. The molecule has 0 unspecified atom stereocenters. The number of rotatable bonds is 5. The van der Waals surface area contributed by atoms with Crippen LogP contribution >= 0.6 is 22.6 Å². The molecule has 0 bridgehead atoms. The first-order chi connectivity index (χ1) is 10.0. The Balaban J connectivity index is 2.46. The Bertz CT molecular complexity index is 655. The lowest BCUT2D eigenvalue weighted by Crippen LogP contribution is -2.08. The molecule has 2 N–H and O–H groups in total. The number of nitrogen functional groups attached to an aromatic ring is 1. The lowest BCUT2D eigenvalue weighted by atomic mass is 10.1. The van der Waals surface area contributed by atoms with E-state index in [1.54, 1.807) is 26.0 Å². The summed E-state index contributed by atoms with van der Waals surface area (Å²) < 4.78 is 18.8. The highest BCUT2D eigenvalue weighted by Gasteiger charge is 2.18. The Hall–Kier alpha value is -1.64. The highest BCUT2D eigenvalue weighted by molar-refractivity contribution is 14.1. The molecule has 0 aliphatic carbocycles. The number of hydrogen-bond acceptors (Lipinski definition) is 5. The van der Waals surface area contributed by atoms with Crippen LogP contribution in [0.1, 0.15) is 11.3 Å². The van der Waals surface area contributed by atoms with E-state index in [4.69, 9.17) is 19.9 Å². The van der Waals surface area contributed by atoms with Crippen LogP contribution in [0.2, 0.25) is 0 Å². The molecule has 1 aromatic heterocycles. The third kappa shape index (κ3) is 2.87. The second kappa shape index (κ2) is 6.42. The van der Waals surface area contributed by atoms with Gasteiger partial charge in [0, 0.05) is 5.56 Å². The average molecular weight is 403 g/mol. The first kappa shape index (κ1) is 15.7. The van der Waals surface area contributed by atoms with E-state index in [9.17, 15) is 0 Å². The van der Waals surface area contributed by atoms with Crippen molar-refractivity contribution in [1.82, 2.24) is 9.78 Å². The van der Waals surface area contributed by atoms with Gasteiger partial charge in [-0.2, -0.15) is 5.10 Å². The van der Waals surface area contributed by atoms with Crippen LogP contribution in [-0.4, -0.2) is 31.1 Å². The first-order valence-corrected chi connectivity index (χ1v) is 7.37. The zero-order valence-electron chi connectivity index (χ0n) is 12.4. The summed E-state index contributed by atoms with van der Waals surface area (Å²) in [5.74, 6) is 2.45. The molecule has 0 amide bonds. The standard InChI is InChI=1S/C14H18IN3O3/c1-8-11(15)14(16)18(17-8)7-9-5-6-10(19-2)13(21-4)12(9)20-3/h5-6H,7,16H2,1-4H3. The molecule has 0 aliphatic rings. The van der Waals surface area contributed by atoms with Crippen molar-refractivity contribution in [2.24, 2.45) is 0 Å². The molecule has 0 aliphatic heterocycles. The molecule has 0 spiro atoms. The molecule has 0 fully saturated rings. The van der Waals surface area contributed by atoms with E-state index in [1.165, 1.54) is 0 Å². The minimum absolute atomic E-state index is 0.499. The van der Waals surface area contributed by atoms with Gasteiger partial charge in [-0.3, -0.25) is 0 Å². The van der Waals surface area contributed by atoms with E-state index < -0.39 is 0 Å². The Morgan fingerprint density at radius 1 is 1.14 bits per heavy atom. The quantitative estimate of drug-likeness (QED) is 0.777. The Kier molecular flexibility index (Phi) is 4.81. The van der Waals surface area contributed by atoms with E-state index in [0.29, 0.717) is 29.6 Å². The van der Waals surface area contributed by atoms with Gasteiger partial charge in [0.05, 0.1) is 37.1 Å². The van der Waals surface area contributed by atoms with Gasteiger partial charge in [0.15, 0.2) is 11.5 Å². The third-order valence-corrected chi connectivity index (χ3v) is 4.53. The number of aryl methyl sites for hydroxylation is 1. The maximum atomic E-state index is 6.07. The number of anilines is 1. The summed E-state index contributed by atoms with van der Waals surface area (Å²) in [6.45, 7) is 2.43. The minimum atomic E-state index is 0.499. The van der Waals surface area contributed by atoms with Crippen molar-refractivity contribution in [2.75, 3.05) is 27.1 Å². The Morgan fingerprint density at radius 2 is 1.81 bits per heavy atom. The summed E-state index contributed by atoms with van der Waals surface area (Å²) in [4.78, 5) is 0. The molecule has 21 heavy (non-hydrogen) atoms. The van der Waals surface area contributed by atoms with Gasteiger partial charge >= 0.3 is 0 Å². The molecule has 2 rings (SSSR count). The normalized spacial score (nSPS) is 10.5. The summed E-state index contributed by atoms with van der Waals surface area (Å²) in [5, 5.41) is 4.44. The van der Waals surface area contributed by atoms with Crippen molar-refractivity contribution < 1.29 is 14.2 Å². The van der Waals surface area contributed by atoms with Crippen LogP contribution < -0.4 is 19.9 Å². The van der Waals surface area contributed by atoms with Crippen LogP contribution in [0.5, 0.6) is 17.2 Å². The van der Waals surface area contributed by atoms with Gasteiger partial charge in [-0.25, -0.2) is 4.68 Å². The lowest BCUT2D eigenvalue weighted by molar-refractivity contribution is 0.321. The van der Waals surface area contributed by atoms with Gasteiger partial charge in [0.1, 0.15) is 5.82 Å². The summed E-state index contributed by atoms with van der Waals surface area (Å²) in [6.07, 6.45) is 0. The van der Waals surface area contributed by atoms with Crippen molar-refractivity contribution in [3.8, 4) is 17.2 Å². The van der Waals surface area contributed by atoms with E-state index in [-0.39, 0.29) is 0 Å². The van der Waals surface area contributed by atoms with E-state index in [1.807, 2.05) is 19.1 Å². The molecule has 0 saturated heterocycles. The highest BCUT2D eigenvalue weighted by Crippen LogP contribution is 2.40. The monoisotopic (exact) mass is 403 g/mol. The molecule has 2 aromatic rings. The molecule has 7 heteroatoms. The van der Waals surface area contributed by atoms with Crippen molar-refractivity contribution >= 4 is 28.4 Å². The maximum Gasteiger partial charge on any atom is 0.203 e. The summed E-state index contributed by atoms with van der Waals surface area (Å²) in [6, 6.07) is 3.76. The highest BCUT2D eigenvalue weighted by atomic mass is 127. The Labute approximate surface area is 137 Å². The fourth-order valence-corrected chi connectivity index (χ4v) is 2.53. The number of methoxy groups -OCH3 is 3. The molecule has 0 atom stereocenters. The zero-order chi connectivity index (χ0) is 15.6. The molecular formula is C14H18IN3O3.